The molecule has 0 heterocycles. The van der Waals surface area contributed by atoms with Crippen LogP contribution in [0.1, 0.15) is 85.0 Å². The number of carbonyl (C=O) groups is 1. The summed E-state index contributed by atoms with van der Waals surface area (Å²) in [6, 6.07) is 0.754. The molecule has 0 aliphatic carbocycles. The Morgan fingerprint density at radius 3 is 1.96 bits per heavy atom. The predicted molar refractivity (Wildman–Crippen MR) is 119 cm³/mol. The molecule has 1 amide bonds. The monoisotopic (exact) mass is 415 g/mol. The highest BCUT2D eigenvalue weighted by Gasteiger charge is 2.39. The van der Waals surface area contributed by atoms with E-state index in [9.17, 15) is 4.79 Å². The van der Waals surface area contributed by atoms with Gasteiger partial charge in [0.15, 0.2) is 0 Å². The van der Waals surface area contributed by atoms with Gasteiger partial charge < -0.3 is 19.0 Å². The second-order valence-corrected chi connectivity index (χ2v) is 11.3. The van der Waals surface area contributed by atoms with Gasteiger partial charge in [-0.1, -0.05) is 58.6 Å². The molecule has 0 saturated carbocycles. The van der Waals surface area contributed by atoms with Gasteiger partial charge in [0.25, 0.3) is 0 Å². The maximum absolute atomic E-state index is 12.0. The van der Waals surface area contributed by atoms with Gasteiger partial charge in [-0.05, 0) is 44.4 Å². The summed E-state index contributed by atoms with van der Waals surface area (Å²) >= 11 is 0. The van der Waals surface area contributed by atoms with Crippen LogP contribution in [-0.4, -0.2) is 36.0 Å². The van der Waals surface area contributed by atoms with Crippen molar-refractivity contribution in [2.24, 2.45) is 17.1 Å². The van der Waals surface area contributed by atoms with E-state index in [-0.39, 0.29) is 11.8 Å². The van der Waals surface area contributed by atoms with E-state index in [1.54, 1.807) is 21.3 Å². The third kappa shape index (κ3) is 10.2. The Kier molecular flexibility index (Phi) is 14.8. The minimum Gasteiger partial charge on any atom is -0.377 e. The van der Waals surface area contributed by atoms with Crippen molar-refractivity contribution >= 4 is 14.7 Å². The first-order valence-electron chi connectivity index (χ1n) is 10.9. The van der Waals surface area contributed by atoms with Crippen LogP contribution in [0.4, 0.5) is 0 Å². The average Bonchev–Trinajstić information content (AvgIpc) is 2.68. The maximum atomic E-state index is 12.0. The SMILES string of the molecule is CCCCC=CCCCCCC(CCC[Si](OC)(OC)OC)C(C)(C)C(N)=O. The fourth-order valence-corrected chi connectivity index (χ4v) is 5.33. The number of primary amides is 1. The van der Waals surface area contributed by atoms with Gasteiger partial charge in [-0.15, -0.1) is 0 Å². The minimum atomic E-state index is -2.56. The summed E-state index contributed by atoms with van der Waals surface area (Å²) in [6.45, 7) is 6.17. The van der Waals surface area contributed by atoms with Crippen LogP contribution in [0.2, 0.25) is 6.04 Å². The van der Waals surface area contributed by atoms with Crippen LogP contribution in [-0.2, 0) is 18.1 Å². The van der Waals surface area contributed by atoms with Gasteiger partial charge in [0.2, 0.25) is 5.91 Å². The third-order valence-electron chi connectivity index (χ3n) is 5.94. The Balaban J connectivity index is 4.48. The van der Waals surface area contributed by atoms with Crippen molar-refractivity contribution in [2.45, 2.75) is 91.0 Å². The highest BCUT2D eigenvalue weighted by molar-refractivity contribution is 6.60. The summed E-state index contributed by atoms with van der Waals surface area (Å²) in [5.74, 6) is 0.0486. The van der Waals surface area contributed by atoms with Crippen molar-refractivity contribution in [1.29, 1.82) is 0 Å². The minimum absolute atomic E-state index is 0.218. The van der Waals surface area contributed by atoms with E-state index in [0.29, 0.717) is 0 Å². The number of hydrogen-bond donors (Lipinski definition) is 1. The molecular weight excluding hydrogens is 370 g/mol. The lowest BCUT2D eigenvalue weighted by Crippen LogP contribution is -2.43. The molecule has 2 N–H and O–H groups in total. The van der Waals surface area contributed by atoms with Crippen LogP contribution in [0.5, 0.6) is 0 Å². The summed E-state index contributed by atoms with van der Waals surface area (Å²) in [6.07, 6.45) is 15.9. The highest BCUT2D eigenvalue weighted by Crippen LogP contribution is 2.35. The van der Waals surface area contributed by atoms with Crippen LogP contribution in [0.15, 0.2) is 12.2 Å². The van der Waals surface area contributed by atoms with Crippen LogP contribution in [0.25, 0.3) is 0 Å². The standard InChI is InChI=1S/C22H45NO4Si/c1-7-8-9-10-11-12-13-14-15-17-20(22(2,3)21(23)24)18-16-19-28(25-4,26-5)27-6/h10-11,20H,7-9,12-19H2,1-6H3,(H2,23,24). The van der Waals surface area contributed by atoms with Crippen LogP contribution < -0.4 is 5.73 Å². The number of allylic oxidation sites excluding steroid dienone is 2. The molecule has 0 aliphatic rings. The quantitative estimate of drug-likeness (QED) is 0.183. The van der Waals surface area contributed by atoms with E-state index in [4.69, 9.17) is 19.0 Å². The second kappa shape index (κ2) is 15.2. The molecule has 1 unspecified atom stereocenters. The summed E-state index contributed by atoms with van der Waals surface area (Å²) in [5.41, 5.74) is 5.20. The van der Waals surface area contributed by atoms with E-state index >= 15 is 0 Å². The van der Waals surface area contributed by atoms with Crippen molar-refractivity contribution < 1.29 is 18.1 Å². The lowest BCUT2D eigenvalue weighted by Gasteiger charge is -2.32. The summed E-state index contributed by atoms with van der Waals surface area (Å²) in [4.78, 5) is 12.0. The average molecular weight is 416 g/mol. The number of hydrogen-bond acceptors (Lipinski definition) is 4. The molecular formula is C22H45NO4Si. The van der Waals surface area contributed by atoms with Crippen molar-refractivity contribution in [3.63, 3.8) is 0 Å². The molecule has 28 heavy (non-hydrogen) atoms. The first-order valence-corrected chi connectivity index (χ1v) is 12.8. The molecule has 0 fully saturated rings. The molecule has 0 aromatic carbocycles. The molecule has 6 heteroatoms. The molecule has 0 aromatic heterocycles. The van der Waals surface area contributed by atoms with E-state index in [1.165, 1.54) is 32.1 Å². The number of amides is 1. The zero-order valence-electron chi connectivity index (χ0n) is 19.2. The van der Waals surface area contributed by atoms with Gasteiger partial charge >= 0.3 is 8.80 Å². The Hall–Kier alpha value is -0.693. The van der Waals surface area contributed by atoms with Crippen molar-refractivity contribution in [1.82, 2.24) is 0 Å². The number of carbonyl (C=O) groups excluding carboxylic acids is 1. The predicted octanol–water partition coefficient (Wildman–Crippen LogP) is 5.47. The van der Waals surface area contributed by atoms with E-state index in [1.807, 2.05) is 13.8 Å². The number of unbranched alkanes of at least 4 members (excludes halogenated alkanes) is 5. The first-order chi connectivity index (χ1) is 13.3. The van der Waals surface area contributed by atoms with E-state index < -0.39 is 14.2 Å². The third-order valence-corrected chi connectivity index (χ3v) is 8.77. The molecule has 166 valence electrons. The topological polar surface area (TPSA) is 70.8 Å². The summed E-state index contributed by atoms with van der Waals surface area (Å²) in [7, 11) is 2.36. The molecule has 0 aromatic rings. The zero-order chi connectivity index (χ0) is 21.5. The Labute approximate surface area is 174 Å². The molecule has 0 aliphatic heterocycles. The molecule has 0 saturated heterocycles. The van der Waals surface area contributed by atoms with Crippen LogP contribution >= 0.6 is 0 Å². The molecule has 0 radical (unpaired) electrons. The number of nitrogens with two attached hydrogens (primary N) is 1. The Bertz CT molecular complexity index is 428. The highest BCUT2D eigenvalue weighted by atomic mass is 28.4. The Morgan fingerprint density at radius 1 is 0.929 bits per heavy atom. The van der Waals surface area contributed by atoms with Gasteiger partial charge in [0.05, 0.1) is 0 Å². The van der Waals surface area contributed by atoms with Gasteiger partial charge in [0, 0.05) is 32.8 Å². The molecule has 0 rings (SSSR count). The normalized spacial score (nSPS) is 13.9. The molecule has 0 bridgehead atoms. The lowest BCUT2D eigenvalue weighted by atomic mass is 9.73. The van der Waals surface area contributed by atoms with Crippen LogP contribution in [0, 0.1) is 11.3 Å². The summed E-state index contributed by atoms with van der Waals surface area (Å²) in [5, 5.41) is 0. The van der Waals surface area contributed by atoms with Gasteiger partial charge in [-0.3, -0.25) is 4.79 Å². The van der Waals surface area contributed by atoms with Crippen molar-refractivity contribution in [3.8, 4) is 0 Å². The first kappa shape index (κ1) is 27.3. The summed E-state index contributed by atoms with van der Waals surface area (Å²) < 4.78 is 16.5. The van der Waals surface area contributed by atoms with E-state index in [0.717, 1.165) is 38.1 Å². The molecule has 0 spiro atoms. The second-order valence-electron chi connectivity index (χ2n) is 8.22. The molecule has 5 nitrogen and oxygen atoms in total. The smallest absolute Gasteiger partial charge is 0.377 e. The number of rotatable bonds is 18. The van der Waals surface area contributed by atoms with Gasteiger partial charge in [-0.25, -0.2) is 0 Å². The fraction of sp³-hybridized carbons (Fsp3) is 0.864. The molecule has 1 atom stereocenters. The zero-order valence-corrected chi connectivity index (χ0v) is 20.2. The van der Waals surface area contributed by atoms with Gasteiger partial charge in [0.1, 0.15) is 0 Å². The van der Waals surface area contributed by atoms with E-state index in [2.05, 4.69) is 19.1 Å². The maximum Gasteiger partial charge on any atom is 0.500 e. The van der Waals surface area contributed by atoms with Crippen molar-refractivity contribution in [2.75, 3.05) is 21.3 Å². The van der Waals surface area contributed by atoms with Gasteiger partial charge in [-0.2, -0.15) is 0 Å². The van der Waals surface area contributed by atoms with Crippen molar-refractivity contribution in [3.05, 3.63) is 12.2 Å². The largest absolute Gasteiger partial charge is 0.500 e. The Morgan fingerprint density at radius 2 is 1.46 bits per heavy atom. The van der Waals surface area contributed by atoms with Crippen LogP contribution in [0.3, 0.4) is 0 Å². The lowest BCUT2D eigenvalue weighted by molar-refractivity contribution is -0.129. The fourth-order valence-electron chi connectivity index (χ4n) is 3.58.